The molecule has 1 atom stereocenters. The molecule has 1 aromatic carbocycles. The van der Waals surface area contributed by atoms with Crippen LogP contribution in [0.5, 0.6) is 0 Å². The third kappa shape index (κ3) is 5.13. The quantitative estimate of drug-likeness (QED) is 0.573. The molecule has 4 aliphatic rings. The van der Waals surface area contributed by atoms with E-state index in [1.54, 1.807) is 7.11 Å². The molecule has 7 nitrogen and oxygen atoms in total. The van der Waals surface area contributed by atoms with Gasteiger partial charge in [-0.15, -0.1) is 10.2 Å². The van der Waals surface area contributed by atoms with Gasteiger partial charge in [0.15, 0.2) is 5.82 Å². The molecule has 2 aromatic rings. The van der Waals surface area contributed by atoms with Gasteiger partial charge in [-0.3, -0.25) is 4.79 Å². The van der Waals surface area contributed by atoms with Crippen molar-refractivity contribution in [2.75, 3.05) is 51.3 Å². The van der Waals surface area contributed by atoms with Crippen LogP contribution in [-0.4, -0.2) is 84.4 Å². The molecule has 1 aliphatic carbocycles. The first kappa shape index (κ1) is 24.8. The maximum Gasteiger partial charge on any atom is 0.254 e. The summed E-state index contributed by atoms with van der Waals surface area (Å²) >= 11 is 0. The van der Waals surface area contributed by atoms with Gasteiger partial charge in [-0.25, -0.2) is 0 Å². The number of benzene rings is 1. The van der Waals surface area contributed by atoms with Crippen LogP contribution in [0.1, 0.15) is 68.1 Å². The lowest BCUT2D eigenvalue weighted by atomic mass is 9.70. The first-order valence-corrected chi connectivity index (χ1v) is 14.4. The summed E-state index contributed by atoms with van der Waals surface area (Å²) < 4.78 is 5.30. The number of piperidine rings is 2. The molecule has 1 aromatic heterocycles. The molecular formula is C30H41N5O2. The third-order valence-electron chi connectivity index (χ3n) is 9.67. The van der Waals surface area contributed by atoms with E-state index in [0.29, 0.717) is 12.0 Å². The number of aromatic nitrogens is 2. The summed E-state index contributed by atoms with van der Waals surface area (Å²) in [6, 6.07) is 13.0. The summed E-state index contributed by atoms with van der Waals surface area (Å²) in [6.07, 6.45) is 11.6. The maximum atomic E-state index is 13.0. The zero-order valence-corrected chi connectivity index (χ0v) is 22.3. The van der Waals surface area contributed by atoms with Gasteiger partial charge in [0.1, 0.15) is 0 Å². The van der Waals surface area contributed by atoms with E-state index in [9.17, 15) is 4.79 Å². The lowest BCUT2D eigenvalue weighted by Gasteiger charge is -2.50. The minimum Gasteiger partial charge on any atom is -0.383 e. The number of carbonyl (C=O) groups is 1. The predicted octanol–water partition coefficient (Wildman–Crippen LogP) is 4.63. The molecule has 4 heterocycles. The van der Waals surface area contributed by atoms with Crippen molar-refractivity contribution in [3.63, 3.8) is 0 Å². The summed E-state index contributed by atoms with van der Waals surface area (Å²) in [7, 11) is 1.70. The fourth-order valence-corrected chi connectivity index (χ4v) is 6.89. The normalized spacial score (nSPS) is 24.4. The number of methoxy groups -OCH3 is 1. The number of anilines is 1. The second kappa shape index (κ2) is 10.7. The number of ether oxygens (including phenoxy) is 1. The molecule has 37 heavy (non-hydrogen) atoms. The van der Waals surface area contributed by atoms with E-state index in [4.69, 9.17) is 4.74 Å². The molecule has 0 N–H and O–H groups in total. The van der Waals surface area contributed by atoms with Crippen molar-refractivity contribution in [3.8, 4) is 11.3 Å². The van der Waals surface area contributed by atoms with Crippen LogP contribution in [0, 0.1) is 5.41 Å². The van der Waals surface area contributed by atoms with E-state index < -0.39 is 0 Å². The minimum absolute atomic E-state index is 0.0871. The first-order valence-electron chi connectivity index (χ1n) is 14.4. The number of hydrogen-bond donors (Lipinski definition) is 0. The number of hydrogen-bond acceptors (Lipinski definition) is 6. The number of amides is 1. The van der Waals surface area contributed by atoms with Gasteiger partial charge in [-0.1, -0.05) is 18.6 Å². The van der Waals surface area contributed by atoms with E-state index in [1.165, 1.54) is 58.0 Å². The molecule has 4 fully saturated rings. The zero-order chi connectivity index (χ0) is 25.2. The molecule has 7 heteroatoms. The standard InChI is InChI=1S/C30H41N5O2/c1-37-22-26-6-3-17-35(26)29(36)24-9-7-23(8-10-24)27-11-12-28(32-31-27)34-20-15-30(16-21-34)13-18-33(19-14-30)25-4-2-5-25/h7-12,25-26H,2-6,13-22H2,1H3/t26-/m0/s1. The van der Waals surface area contributed by atoms with Gasteiger partial charge in [0.2, 0.25) is 0 Å². The number of carbonyl (C=O) groups excluding carboxylic acids is 1. The van der Waals surface area contributed by atoms with Crippen molar-refractivity contribution in [3.05, 3.63) is 42.0 Å². The molecule has 3 aliphatic heterocycles. The van der Waals surface area contributed by atoms with E-state index >= 15 is 0 Å². The van der Waals surface area contributed by atoms with Crippen LogP contribution in [0.25, 0.3) is 11.3 Å². The van der Waals surface area contributed by atoms with Gasteiger partial charge < -0.3 is 19.4 Å². The molecule has 0 radical (unpaired) electrons. The summed E-state index contributed by atoms with van der Waals surface area (Å²) in [5.74, 6) is 1.07. The van der Waals surface area contributed by atoms with E-state index in [2.05, 4.69) is 32.1 Å². The Labute approximate surface area is 221 Å². The topological polar surface area (TPSA) is 61.8 Å². The van der Waals surface area contributed by atoms with Crippen molar-refractivity contribution in [2.24, 2.45) is 5.41 Å². The Hall–Kier alpha value is -2.51. The van der Waals surface area contributed by atoms with Crippen LogP contribution in [-0.2, 0) is 4.74 Å². The van der Waals surface area contributed by atoms with Crippen LogP contribution >= 0.6 is 0 Å². The van der Waals surface area contributed by atoms with Crippen molar-refractivity contribution in [1.82, 2.24) is 20.0 Å². The van der Waals surface area contributed by atoms with Crippen molar-refractivity contribution in [1.29, 1.82) is 0 Å². The molecule has 3 saturated heterocycles. The third-order valence-corrected chi connectivity index (χ3v) is 9.67. The van der Waals surface area contributed by atoms with Crippen LogP contribution < -0.4 is 4.90 Å². The molecule has 1 amide bonds. The SMILES string of the molecule is COC[C@@H]1CCCN1C(=O)c1ccc(-c2ccc(N3CCC4(CC3)CCN(C3CCC3)CC4)nn2)cc1. The molecule has 1 saturated carbocycles. The zero-order valence-electron chi connectivity index (χ0n) is 22.3. The van der Waals surface area contributed by atoms with Gasteiger partial charge >= 0.3 is 0 Å². The van der Waals surface area contributed by atoms with Gasteiger partial charge in [0, 0.05) is 43.9 Å². The Kier molecular flexibility index (Phi) is 7.17. The van der Waals surface area contributed by atoms with E-state index in [1.807, 2.05) is 29.2 Å². The van der Waals surface area contributed by atoms with Crippen LogP contribution in [0.4, 0.5) is 5.82 Å². The number of rotatable bonds is 6. The van der Waals surface area contributed by atoms with E-state index in [0.717, 1.165) is 61.2 Å². The highest BCUT2D eigenvalue weighted by Crippen LogP contribution is 2.43. The Balaban J connectivity index is 1.04. The summed E-state index contributed by atoms with van der Waals surface area (Å²) in [5.41, 5.74) is 3.10. The lowest BCUT2D eigenvalue weighted by molar-refractivity contribution is 0.0305. The van der Waals surface area contributed by atoms with Crippen LogP contribution in [0.3, 0.4) is 0 Å². The smallest absolute Gasteiger partial charge is 0.254 e. The highest BCUT2D eigenvalue weighted by molar-refractivity contribution is 5.95. The average Bonchev–Trinajstić information content (AvgIpc) is 3.38. The Morgan fingerprint density at radius 3 is 2.24 bits per heavy atom. The maximum absolute atomic E-state index is 13.0. The Bertz CT molecular complexity index is 1050. The monoisotopic (exact) mass is 503 g/mol. The van der Waals surface area contributed by atoms with E-state index in [-0.39, 0.29) is 11.9 Å². The van der Waals surface area contributed by atoms with Crippen LogP contribution in [0.2, 0.25) is 0 Å². The second-order valence-corrected chi connectivity index (χ2v) is 11.7. The number of nitrogens with zero attached hydrogens (tertiary/aromatic N) is 5. The fourth-order valence-electron chi connectivity index (χ4n) is 6.89. The van der Waals surface area contributed by atoms with Gasteiger partial charge in [-0.2, -0.15) is 0 Å². The highest BCUT2D eigenvalue weighted by atomic mass is 16.5. The molecule has 0 bridgehead atoms. The Morgan fingerprint density at radius 2 is 1.62 bits per heavy atom. The molecular weight excluding hydrogens is 462 g/mol. The van der Waals surface area contributed by atoms with Crippen molar-refractivity contribution < 1.29 is 9.53 Å². The first-order chi connectivity index (χ1) is 18.1. The van der Waals surface area contributed by atoms with Crippen LogP contribution in [0.15, 0.2) is 36.4 Å². The Morgan fingerprint density at radius 1 is 0.892 bits per heavy atom. The lowest BCUT2D eigenvalue weighted by Crippen LogP contribution is -2.51. The second-order valence-electron chi connectivity index (χ2n) is 11.7. The fraction of sp³-hybridized carbons (Fsp3) is 0.633. The number of likely N-dealkylation sites (tertiary alicyclic amines) is 2. The highest BCUT2D eigenvalue weighted by Gasteiger charge is 2.40. The summed E-state index contributed by atoms with van der Waals surface area (Å²) in [6.45, 7) is 6.16. The van der Waals surface area contributed by atoms with Gasteiger partial charge in [0.05, 0.1) is 18.3 Å². The summed E-state index contributed by atoms with van der Waals surface area (Å²) in [4.78, 5) is 20.1. The molecule has 0 unspecified atom stereocenters. The molecule has 6 rings (SSSR count). The molecule has 1 spiro atoms. The summed E-state index contributed by atoms with van der Waals surface area (Å²) in [5, 5.41) is 9.15. The minimum atomic E-state index is 0.0871. The average molecular weight is 504 g/mol. The molecule has 198 valence electrons. The van der Waals surface area contributed by atoms with Crippen molar-refractivity contribution in [2.45, 2.75) is 69.9 Å². The van der Waals surface area contributed by atoms with Crippen molar-refractivity contribution >= 4 is 11.7 Å². The van der Waals surface area contributed by atoms with Gasteiger partial charge in [0.25, 0.3) is 5.91 Å². The van der Waals surface area contributed by atoms with Gasteiger partial charge in [-0.05, 0) is 94.1 Å². The largest absolute Gasteiger partial charge is 0.383 e. The predicted molar refractivity (Wildman–Crippen MR) is 146 cm³/mol.